The van der Waals surface area contributed by atoms with Gasteiger partial charge in [0.2, 0.25) is 0 Å². The highest BCUT2D eigenvalue weighted by atomic mass is 16.6. The molecule has 0 atom stereocenters. The summed E-state index contributed by atoms with van der Waals surface area (Å²) >= 11 is 0. The van der Waals surface area contributed by atoms with Crippen LogP contribution in [0.4, 0.5) is 5.69 Å². The third-order valence-corrected chi connectivity index (χ3v) is 3.69. The number of hydrogen-bond donors (Lipinski definition) is 0. The van der Waals surface area contributed by atoms with E-state index in [1.54, 1.807) is 12.1 Å². The molecule has 0 aliphatic rings. The van der Waals surface area contributed by atoms with Gasteiger partial charge >= 0.3 is 0 Å². The Labute approximate surface area is 115 Å². The zero-order valence-electron chi connectivity index (χ0n) is 11.1. The monoisotopic (exact) mass is 263 g/mol. The van der Waals surface area contributed by atoms with Gasteiger partial charge in [0.15, 0.2) is 0 Å². The fourth-order valence-corrected chi connectivity index (χ4v) is 2.60. The highest BCUT2D eigenvalue weighted by Crippen LogP contribution is 2.24. The van der Waals surface area contributed by atoms with Gasteiger partial charge in [0.25, 0.3) is 5.69 Å². The minimum absolute atomic E-state index is 0.0771. The van der Waals surface area contributed by atoms with Gasteiger partial charge in [0.1, 0.15) is 0 Å². The van der Waals surface area contributed by atoms with Gasteiger partial charge in [-0.25, -0.2) is 0 Å². The van der Waals surface area contributed by atoms with E-state index in [1.807, 2.05) is 19.1 Å². The first-order chi connectivity index (χ1) is 9.49. The number of hydrogen-bond acceptors (Lipinski definition) is 2. The van der Waals surface area contributed by atoms with Crippen molar-refractivity contribution in [3.05, 3.63) is 62.5 Å². The molecule has 0 amide bonds. The largest absolute Gasteiger partial charge is 0.270 e. The van der Waals surface area contributed by atoms with Gasteiger partial charge in [0, 0.05) is 12.1 Å². The second-order valence-corrected chi connectivity index (χ2v) is 4.99. The molecule has 0 saturated heterocycles. The maximum absolute atomic E-state index is 10.9. The van der Waals surface area contributed by atoms with Crippen LogP contribution in [0.15, 0.2) is 36.4 Å². The van der Waals surface area contributed by atoms with Crippen LogP contribution in [0.1, 0.15) is 5.56 Å². The standard InChI is InChI=1S/C17H13NO2/c1-10-4-6-14-15-7-5-13(18(19)20)9-17(15)12(3)11(2)16(14)8-10/h4-9H,2-3H2,1H3. The van der Waals surface area contributed by atoms with Crippen molar-refractivity contribution in [2.45, 2.75) is 6.92 Å². The lowest BCUT2D eigenvalue weighted by atomic mass is 9.97. The van der Waals surface area contributed by atoms with Crippen LogP contribution in [-0.4, -0.2) is 4.92 Å². The summed E-state index contributed by atoms with van der Waals surface area (Å²) in [5.41, 5.74) is 1.23. The number of rotatable bonds is 1. The molecule has 0 spiro atoms. The van der Waals surface area contributed by atoms with Gasteiger partial charge in [-0.05, 0) is 45.0 Å². The molecule has 3 rings (SSSR count). The Morgan fingerprint density at radius 2 is 1.45 bits per heavy atom. The topological polar surface area (TPSA) is 43.1 Å². The van der Waals surface area contributed by atoms with Gasteiger partial charge in [-0.2, -0.15) is 0 Å². The van der Waals surface area contributed by atoms with Crippen molar-refractivity contribution < 1.29 is 4.92 Å². The number of nitrogens with zero attached hydrogens (tertiary/aromatic N) is 1. The zero-order chi connectivity index (χ0) is 14.4. The minimum Gasteiger partial charge on any atom is -0.258 e. The Hall–Kier alpha value is -2.68. The van der Waals surface area contributed by atoms with Crippen LogP contribution < -0.4 is 10.4 Å². The average Bonchev–Trinajstić information content (AvgIpc) is 2.44. The maximum atomic E-state index is 10.9. The molecule has 0 unspecified atom stereocenters. The van der Waals surface area contributed by atoms with E-state index >= 15 is 0 Å². The molecule has 0 fully saturated rings. The Morgan fingerprint density at radius 3 is 2.05 bits per heavy atom. The Kier molecular flexibility index (Phi) is 2.57. The van der Waals surface area contributed by atoms with E-state index in [1.165, 1.54) is 6.07 Å². The molecule has 0 aliphatic carbocycles. The van der Waals surface area contributed by atoms with E-state index in [9.17, 15) is 10.1 Å². The number of benzene rings is 3. The SMILES string of the molecule is C=c1c(=C)c2cc([N+](=O)[O-])ccc2c2ccc(C)cc12. The molecule has 98 valence electrons. The Morgan fingerprint density at radius 1 is 0.900 bits per heavy atom. The number of nitro groups is 1. The van der Waals surface area contributed by atoms with Crippen LogP contribution in [0, 0.1) is 17.0 Å². The van der Waals surface area contributed by atoms with Crippen LogP contribution in [0.2, 0.25) is 0 Å². The summed E-state index contributed by atoms with van der Waals surface area (Å²) < 4.78 is 0. The fraction of sp³-hybridized carbons (Fsp3) is 0.0588. The summed E-state index contributed by atoms with van der Waals surface area (Å²) in [6.45, 7) is 10.2. The average molecular weight is 263 g/mol. The lowest BCUT2D eigenvalue weighted by Crippen LogP contribution is -2.23. The van der Waals surface area contributed by atoms with Gasteiger partial charge in [-0.3, -0.25) is 10.1 Å². The van der Waals surface area contributed by atoms with E-state index in [-0.39, 0.29) is 10.6 Å². The molecule has 0 aromatic heterocycles. The van der Waals surface area contributed by atoms with Crippen molar-refractivity contribution in [2.75, 3.05) is 0 Å². The van der Waals surface area contributed by atoms with Crippen LogP contribution in [0.3, 0.4) is 0 Å². The smallest absolute Gasteiger partial charge is 0.258 e. The van der Waals surface area contributed by atoms with Gasteiger partial charge in [0.05, 0.1) is 4.92 Å². The summed E-state index contributed by atoms with van der Waals surface area (Å²) in [7, 11) is 0. The molecule has 0 radical (unpaired) electrons. The third kappa shape index (κ3) is 1.67. The molecule has 3 aromatic carbocycles. The first kappa shape index (κ1) is 12.4. The maximum Gasteiger partial charge on any atom is 0.270 e. The van der Waals surface area contributed by atoms with E-state index in [4.69, 9.17) is 0 Å². The van der Waals surface area contributed by atoms with E-state index in [0.717, 1.165) is 37.5 Å². The van der Waals surface area contributed by atoms with Crippen molar-refractivity contribution in [3.63, 3.8) is 0 Å². The van der Waals surface area contributed by atoms with Crippen molar-refractivity contribution in [2.24, 2.45) is 0 Å². The van der Waals surface area contributed by atoms with Crippen molar-refractivity contribution in [1.29, 1.82) is 0 Å². The molecule has 20 heavy (non-hydrogen) atoms. The third-order valence-electron chi connectivity index (χ3n) is 3.69. The van der Waals surface area contributed by atoms with E-state index in [2.05, 4.69) is 19.2 Å². The predicted molar refractivity (Wildman–Crippen MR) is 83.1 cm³/mol. The van der Waals surface area contributed by atoms with E-state index in [0.29, 0.717) is 0 Å². The fourth-order valence-electron chi connectivity index (χ4n) is 2.60. The molecule has 0 heterocycles. The highest BCUT2D eigenvalue weighted by molar-refractivity contribution is 6.08. The van der Waals surface area contributed by atoms with Gasteiger partial charge < -0.3 is 0 Å². The number of fused-ring (bicyclic) bond motifs is 3. The second-order valence-electron chi connectivity index (χ2n) is 4.99. The summed E-state index contributed by atoms with van der Waals surface area (Å²) in [4.78, 5) is 10.5. The Balaban J connectivity index is 2.60. The molecule has 3 heteroatoms. The van der Waals surface area contributed by atoms with Crippen molar-refractivity contribution >= 4 is 40.4 Å². The van der Waals surface area contributed by atoms with Crippen molar-refractivity contribution in [1.82, 2.24) is 0 Å². The van der Waals surface area contributed by atoms with Crippen LogP contribution in [-0.2, 0) is 0 Å². The first-order valence-electron chi connectivity index (χ1n) is 6.27. The van der Waals surface area contributed by atoms with Crippen LogP contribution in [0.5, 0.6) is 0 Å². The lowest BCUT2D eigenvalue weighted by Gasteiger charge is -2.07. The second kappa shape index (κ2) is 4.17. The molecule has 0 aliphatic heterocycles. The highest BCUT2D eigenvalue weighted by Gasteiger charge is 2.10. The molecule has 3 nitrogen and oxygen atoms in total. The minimum atomic E-state index is -0.388. The predicted octanol–water partition coefficient (Wildman–Crippen LogP) is 3.03. The quantitative estimate of drug-likeness (QED) is 0.385. The van der Waals surface area contributed by atoms with Crippen molar-refractivity contribution in [3.8, 4) is 0 Å². The summed E-state index contributed by atoms with van der Waals surface area (Å²) in [6, 6.07) is 11.0. The molecular weight excluding hydrogens is 250 g/mol. The Bertz CT molecular complexity index is 974. The van der Waals surface area contributed by atoms with E-state index < -0.39 is 0 Å². The van der Waals surface area contributed by atoms with Crippen LogP contribution >= 0.6 is 0 Å². The number of aryl methyl sites for hydroxylation is 1. The normalized spacial score (nSPS) is 11.1. The van der Waals surface area contributed by atoms with Crippen LogP contribution in [0.25, 0.3) is 34.7 Å². The summed E-state index contributed by atoms with van der Waals surface area (Å²) in [5, 5.41) is 16.4. The lowest BCUT2D eigenvalue weighted by molar-refractivity contribution is -0.384. The van der Waals surface area contributed by atoms with Gasteiger partial charge in [-0.15, -0.1) is 0 Å². The first-order valence-corrected chi connectivity index (χ1v) is 6.27. The molecular formula is C17H13NO2. The summed E-state index contributed by atoms with van der Waals surface area (Å²) in [6.07, 6.45) is 0. The molecule has 3 aromatic rings. The number of nitro benzene ring substituents is 1. The zero-order valence-corrected chi connectivity index (χ0v) is 11.1. The van der Waals surface area contributed by atoms with Gasteiger partial charge in [-0.1, -0.05) is 36.9 Å². The molecule has 0 bridgehead atoms. The number of non-ortho nitro benzene ring substituents is 1. The molecule has 0 saturated carbocycles. The molecule has 0 N–H and O–H groups in total. The summed E-state index contributed by atoms with van der Waals surface area (Å²) in [5.74, 6) is 0.